The van der Waals surface area contributed by atoms with Gasteiger partial charge in [0.25, 0.3) is 0 Å². The van der Waals surface area contributed by atoms with E-state index in [0.29, 0.717) is 29.4 Å². The third-order valence-corrected chi connectivity index (χ3v) is 8.58. The van der Waals surface area contributed by atoms with Crippen molar-refractivity contribution >= 4 is 23.4 Å². The number of Topliss-reactive ketones (excluding diaryl/α,β-unsaturated/α-hetero) is 1. The first kappa shape index (κ1) is 33.6. The minimum atomic E-state index is -0.486. The van der Waals surface area contributed by atoms with E-state index >= 15 is 0 Å². The van der Waals surface area contributed by atoms with Crippen molar-refractivity contribution in [1.82, 2.24) is 0 Å². The number of unbranched alkanes of at least 4 members (excludes halogenated alkanes) is 3. The van der Waals surface area contributed by atoms with Gasteiger partial charge >= 0.3 is 5.97 Å². The predicted octanol–water partition coefficient (Wildman–Crippen LogP) is 8.38. The van der Waals surface area contributed by atoms with Crippen molar-refractivity contribution in [2.24, 2.45) is 16.7 Å². The van der Waals surface area contributed by atoms with Crippen molar-refractivity contribution in [1.29, 1.82) is 5.26 Å². The van der Waals surface area contributed by atoms with Gasteiger partial charge in [0.05, 0.1) is 10.6 Å². The van der Waals surface area contributed by atoms with Crippen molar-refractivity contribution < 1.29 is 23.8 Å². The highest BCUT2D eigenvalue weighted by atomic mass is 35.5. The fourth-order valence-corrected chi connectivity index (χ4v) is 6.60. The van der Waals surface area contributed by atoms with Crippen molar-refractivity contribution in [3.05, 3.63) is 64.2 Å². The summed E-state index contributed by atoms with van der Waals surface area (Å²) in [6, 6.07) is 15.2. The highest BCUT2D eigenvalue weighted by Gasteiger charge is 2.63. The first-order chi connectivity index (χ1) is 19.6. The summed E-state index contributed by atoms with van der Waals surface area (Å²) in [6.45, 7) is 14.7. The van der Waals surface area contributed by atoms with E-state index in [1.807, 2.05) is 32.9 Å². The molecule has 6 nitrogen and oxygen atoms in total. The number of nitriles is 1. The van der Waals surface area contributed by atoms with Gasteiger partial charge in [-0.05, 0) is 63.6 Å². The summed E-state index contributed by atoms with van der Waals surface area (Å²) in [5, 5.41) is 9.51. The zero-order valence-corrected chi connectivity index (χ0v) is 27.0. The van der Waals surface area contributed by atoms with Crippen LogP contribution in [0, 0.1) is 28.1 Å². The van der Waals surface area contributed by atoms with Gasteiger partial charge < -0.3 is 14.2 Å². The Bertz CT molecular complexity index is 1250. The topological polar surface area (TPSA) is 85.6 Å². The fourth-order valence-electron chi connectivity index (χ4n) is 6.39. The van der Waals surface area contributed by atoms with Gasteiger partial charge in [-0.3, -0.25) is 4.79 Å². The second-order valence-electron chi connectivity index (χ2n) is 13.6. The lowest BCUT2D eigenvalue weighted by molar-refractivity contribution is -0.196. The Morgan fingerprint density at radius 1 is 0.952 bits per heavy atom. The van der Waals surface area contributed by atoms with Gasteiger partial charge in [-0.25, -0.2) is 4.79 Å². The maximum absolute atomic E-state index is 13.3. The molecule has 0 bridgehead atoms. The van der Waals surface area contributed by atoms with Crippen molar-refractivity contribution in [2.75, 3.05) is 13.2 Å². The SMILES string of the molecule is CC(C)(C)OC(=O)COCCCCCCc1ccc(C(=O)CC2C(C)(C)C(Oc3ccc(C#N)c(Cl)c3)C2(C)C)cc1. The molecule has 0 amide bonds. The molecule has 0 heterocycles. The molecule has 0 aliphatic heterocycles. The number of carbonyl (C=O) groups is 2. The Kier molecular flexibility index (Phi) is 11.3. The van der Waals surface area contributed by atoms with Gasteiger partial charge in [0.2, 0.25) is 0 Å². The van der Waals surface area contributed by atoms with E-state index in [1.165, 1.54) is 5.56 Å². The quantitative estimate of drug-likeness (QED) is 0.124. The molecular weight excluding hydrogens is 550 g/mol. The molecule has 2 aromatic carbocycles. The first-order valence-electron chi connectivity index (χ1n) is 14.9. The van der Waals surface area contributed by atoms with E-state index in [9.17, 15) is 9.59 Å². The number of rotatable bonds is 14. The van der Waals surface area contributed by atoms with E-state index in [-0.39, 0.29) is 41.2 Å². The van der Waals surface area contributed by atoms with Gasteiger partial charge in [0.15, 0.2) is 5.78 Å². The molecule has 1 aliphatic rings. The minimum absolute atomic E-state index is 0.000360. The van der Waals surface area contributed by atoms with Gasteiger partial charge in [-0.2, -0.15) is 5.26 Å². The summed E-state index contributed by atoms with van der Waals surface area (Å²) in [6.07, 6.45) is 5.44. The Balaban J connectivity index is 1.41. The number of halogens is 1. The number of ketones is 1. The maximum Gasteiger partial charge on any atom is 0.332 e. The van der Waals surface area contributed by atoms with Crippen LogP contribution in [-0.4, -0.2) is 36.7 Å². The second-order valence-corrected chi connectivity index (χ2v) is 14.0. The maximum atomic E-state index is 13.3. The molecule has 0 unspecified atom stereocenters. The normalized spacial score (nSPS) is 18.9. The average molecular weight is 596 g/mol. The van der Waals surface area contributed by atoms with Gasteiger partial charge in [-0.15, -0.1) is 0 Å². The molecule has 0 N–H and O–H groups in total. The lowest BCUT2D eigenvalue weighted by Gasteiger charge is -2.63. The number of esters is 1. The standard InChI is InChI=1S/C35H46ClNO5/c1-33(2,3)42-31(39)23-40-19-11-9-8-10-12-24-13-15-25(16-14-24)29(38)21-30-34(4,5)32(35(30,6)7)41-27-18-17-26(22-37)28(36)20-27/h13-18,20,30,32H,8-12,19,21,23H2,1-7H3. The van der Waals surface area contributed by atoms with E-state index in [1.54, 1.807) is 18.2 Å². The van der Waals surface area contributed by atoms with Gasteiger partial charge in [-0.1, -0.05) is 76.4 Å². The Morgan fingerprint density at radius 2 is 1.60 bits per heavy atom. The summed E-state index contributed by atoms with van der Waals surface area (Å²) in [4.78, 5) is 24.9. The smallest absolute Gasteiger partial charge is 0.332 e. The molecule has 0 spiro atoms. The first-order valence-corrected chi connectivity index (χ1v) is 15.3. The molecule has 0 atom stereocenters. The highest BCUT2D eigenvalue weighted by Crippen LogP contribution is 2.61. The number of hydrogen-bond acceptors (Lipinski definition) is 6. The summed E-state index contributed by atoms with van der Waals surface area (Å²) in [5.41, 5.74) is 1.49. The van der Waals surface area contributed by atoms with Crippen LogP contribution in [0.15, 0.2) is 42.5 Å². The zero-order chi connectivity index (χ0) is 31.1. The number of ether oxygens (including phenoxy) is 3. The molecule has 42 heavy (non-hydrogen) atoms. The van der Waals surface area contributed by atoms with Crippen LogP contribution in [0.4, 0.5) is 0 Å². The molecule has 7 heteroatoms. The Hall–Kier alpha value is -2.88. The van der Waals surface area contributed by atoms with E-state index < -0.39 is 5.60 Å². The molecule has 0 radical (unpaired) electrons. The third-order valence-electron chi connectivity index (χ3n) is 8.27. The molecule has 1 saturated carbocycles. The number of nitrogens with zero attached hydrogens (tertiary/aromatic N) is 1. The molecule has 2 aromatic rings. The van der Waals surface area contributed by atoms with Crippen molar-refractivity contribution in [3.8, 4) is 11.8 Å². The number of carbonyl (C=O) groups excluding carboxylic acids is 2. The molecule has 228 valence electrons. The van der Waals surface area contributed by atoms with Crippen LogP contribution < -0.4 is 4.74 Å². The minimum Gasteiger partial charge on any atom is -0.489 e. The van der Waals surface area contributed by atoms with Gasteiger partial charge in [0.1, 0.15) is 30.1 Å². The van der Waals surface area contributed by atoms with E-state index in [2.05, 4.69) is 45.9 Å². The fraction of sp³-hybridized carbons (Fsp3) is 0.571. The van der Waals surface area contributed by atoms with Crippen LogP contribution in [0.5, 0.6) is 5.75 Å². The largest absolute Gasteiger partial charge is 0.489 e. The monoisotopic (exact) mass is 595 g/mol. The van der Waals surface area contributed by atoms with E-state index in [4.69, 9.17) is 31.1 Å². The zero-order valence-electron chi connectivity index (χ0n) is 26.2. The van der Waals surface area contributed by atoms with Crippen LogP contribution in [0.25, 0.3) is 0 Å². The lowest BCUT2D eigenvalue weighted by Crippen LogP contribution is -2.66. The Morgan fingerprint density at radius 3 is 2.19 bits per heavy atom. The summed E-state index contributed by atoms with van der Waals surface area (Å²) in [7, 11) is 0. The van der Waals surface area contributed by atoms with Crippen LogP contribution in [0.2, 0.25) is 5.02 Å². The molecule has 1 aliphatic carbocycles. The molecule has 1 fully saturated rings. The number of benzene rings is 2. The van der Waals surface area contributed by atoms with Gasteiger partial charge in [0, 0.05) is 35.5 Å². The molecule has 3 rings (SSSR count). The number of aryl methyl sites for hydroxylation is 1. The van der Waals surface area contributed by atoms with Crippen LogP contribution in [-0.2, 0) is 20.7 Å². The average Bonchev–Trinajstić information content (AvgIpc) is 2.90. The third kappa shape index (κ3) is 8.82. The summed E-state index contributed by atoms with van der Waals surface area (Å²) in [5.74, 6) is 0.619. The van der Waals surface area contributed by atoms with Crippen molar-refractivity contribution in [3.63, 3.8) is 0 Å². The van der Waals surface area contributed by atoms with Crippen molar-refractivity contribution in [2.45, 2.75) is 98.7 Å². The number of hydrogen-bond donors (Lipinski definition) is 0. The predicted molar refractivity (Wildman–Crippen MR) is 166 cm³/mol. The highest BCUT2D eigenvalue weighted by molar-refractivity contribution is 6.31. The van der Waals surface area contributed by atoms with Crippen LogP contribution >= 0.6 is 11.6 Å². The van der Waals surface area contributed by atoms with E-state index in [0.717, 1.165) is 37.7 Å². The van der Waals surface area contributed by atoms with Crippen LogP contribution in [0.1, 0.15) is 102 Å². The Labute approximate surface area is 256 Å². The lowest BCUT2D eigenvalue weighted by atomic mass is 9.44. The molecule has 0 saturated heterocycles. The van der Waals surface area contributed by atoms with Crippen LogP contribution in [0.3, 0.4) is 0 Å². The second kappa shape index (κ2) is 14.1. The molecule has 0 aromatic heterocycles. The summed E-state index contributed by atoms with van der Waals surface area (Å²) < 4.78 is 17.0. The molecular formula is C35H46ClNO5. The summed E-state index contributed by atoms with van der Waals surface area (Å²) >= 11 is 6.21.